The average Bonchev–Trinajstić information content (AvgIpc) is 2.84. The number of urea groups is 1. The molecule has 2 aromatic rings. The lowest BCUT2D eigenvalue weighted by Crippen LogP contribution is -2.28. The third kappa shape index (κ3) is 3.87. The molecular weight excluding hydrogens is 316 g/mol. The number of rotatable bonds is 4. The molecule has 0 saturated heterocycles. The first-order chi connectivity index (χ1) is 9.97. The Morgan fingerprint density at radius 3 is 2.62 bits per heavy atom. The molecule has 0 fully saturated rings. The number of benzene rings is 1. The van der Waals surface area contributed by atoms with E-state index in [1.165, 1.54) is 29.5 Å². The largest absolute Gasteiger partial charge is 0.505 e. The third-order valence-electron chi connectivity index (χ3n) is 2.57. The Labute approximate surface area is 129 Å². The number of nitrogens with one attached hydrogen (secondary N) is 2. The molecule has 1 aromatic carbocycles. The second kappa shape index (κ2) is 6.47. The summed E-state index contributed by atoms with van der Waals surface area (Å²) >= 11 is 7.12. The second-order valence-electron chi connectivity index (χ2n) is 4.02. The number of carboxylic acids is 1. The quantitative estimate of drug-likeness (QED) is 0.649. The van der Waals surface area contributed by atoms with Gasteiger partial charge in [0.05, 0.1) is 16.6 Å². The van der Waals surface area contributed by atoms with Crippen molar-refractivity contribution in [1.29, 1.82) is 0 Å². The highest BCUT2D eigenvalue weighted by atomic mass is 35.5. The normalized spacial score (nSPS) is 10.1. The number of aromatic carboxylic acids is 1. The molecule has 0 spiro atoms. The van der Waals surface area contributed by atoms with Gasteiger partial charge in [0.15, 0.2) is 5.75 Å². The predicted molar refractivity (Wildman–Crippen MR) is 80.3 cm³/mol. The summed E-state index contributed by atoms with van der Waals surface area (Å²) in [5.41, 5.74) is -0.255. The Kier molecular flexibility index (Phi) is 4.66. The number of hydrogen-bond acceptors (Lipinski definition) is 4. The number of para-hydroxylation sites is 1. The molecule has 0 aliphatic rings. The highest BCUT2D eigenvalue weighted by Crippen LogP contribution is 2.27. The summed E-state index contributed by atoms with van der Waals surface area (Å²) in [6, 6.07) is 7.03. The zero-order valence-electron chi connectivity index (χ0n) is 10.6. The first kappa shape index (κ1) is 15.1. The number of phenols is 1. The summed E-state index contributed by atoms with van der Waals surface area (Å²) in [6.07, 6.45) is 0. The molecule has 0 saturated carbocycles. The molecule has 0 aliphatic carbocycles. The average molecular weight is 327 g/mol. The van der Waals surface area contributed by atoms with Gasteiger partial charge in [0.2, 0.25) is 0 Å². The van der Waals surface area contributed by atoms with Gasteiger partial charge in [0, 0.05) is 4.88 Å². The molecule has 0 radical (unpaired) electrons. The summed E-state index contributed by atoms with van der Waals surface area (Å²) in [6.45, 7) is 0.280. The van der Waals surface area contributed by atoms with Crippen LogP contribution in [0.25, 0.3) is 0 Å². The SMILES string of the molecule is O=C(NCc1ccc(Cl)s1)Nc1cccc(C(=O)O)c1O. The Morgan fingerprint density at radius 2 is 2.00 bits per heavy atom. The molecule has 8 heteroatoms. The number of hydrogen-bond donors (Lipinski definition) is 4. The van der Waals surface area contributed by atoms with Crippen molar-refractivity contribution in [1.82, 2.24) is 5.32 Å². The maximum absolute atomic E-state index is 11.7. The molecule has 1 heterocycles. The molecular formula is C13H11ClN2O4S. The lowest BCUT2D eigenvalue weighted by Gasteiger charge is -2.09. The number of carbonyl (C=O) groups excluding carboxylic acids is 1. The zero-order valence-corrected chi connectivity index (χ0v) is 12.2. The van der Waals surface area contributed by atoms with Crippen molar-refractivity contribution in [2.45, 2.75) is 6.54 Å². The van der Waals surface area contributed by atoms with E-state index >= 15 is 0 Å². The minimum atomic E-state index is -1.27. The fraction of sp³-hybridized carbons (Fsp3) is 0.0769. The van der Waals surface area contributed by atoms with Crippen LogP contribution in [0.15, 0.2) is 30.3 Å². The van der Waals surface area contributed by atoms with E-state index in [9.17, 15) is 14.7 Å². The molecule has 6 nitrogen and oxygen atoms in total. The van der Waals surface area contributed by atoms with E-state index in [-0.39, 0.29) is 17.8 Å². The molecule has 2 amide bonds. The van der Waals surface area contributed by atoms with Crippen molar-refractivity contribution in [2.75, 3.05) is 5.32 Å². The second-order valence-corrected chi connectivity index (χ2v) is 5.82. The molecule has 0 bridgehead atoms. The van der Waals surface area contributed by atoms with Gasteiger partial charge < -0.3 is 20.8 Å². The predicted octanol–water partition coefficient (Wildman–Crippen LogP) is 3.13. The number of anilines is 1. The van der Waals surface area contributed by atoms with Gasteiger partial charge >= 0.3 is 12.0 Å². The zero-order chi connectivity index (χ0) is 15.4. The van der Waals surface area contributed by atoms with Crippen LogP contribution in [0, 0.1) is 0 Å². The van der Waals surface area contributed by atoms with Gasteiger partial charge in [-0.05, 0) is 24.3 Å². The van der Waals surface area contributed by atoms with Crippen LogP contribution in [0.5, 0.6) is 5.75 Å². The van der Waals surface area contributed by atoms with Gasteiger partial charge in [0.1, 0.15) is 5.56 Å². The number of carbonyl (C=O) groups is 2. The summed E-state index contributed by atoms with van der Waals surface area (Å²) < 4.78 is 0.624. The van der Waals surface area contributed by atoms with Gasteiger partial charge in [-0.1, -0.05) is 17.7 Å². The Balaban J connectivity index is 1.99. The Morgan fingerprint density at radius 1 is 1.24 bits per heavy atom. The summed E-state index contributed by atoms with van der Waals surface area (Å²) in [5, 5.41) is 23.6. The fourth-order valence-corrected chi connectivity index (χ4v) is 2.62. The van der Waals surface area contributed by atoms with Crippen molar-refractivity contribution < 1.29 is 19.8 Å². The summed E-state index contributed by atoms with van der Waals surface area (Å²) in [4.78, 5) is 23.5. The van der Waals surface area contributed by atoms with Crippen LogP contribution in [0.2, 0.25) is 4.34 Å². The summed E-state index contributed by atoms with van der Waals surface area (Å²) in [7, 11) is 0. The fourth-order valence-electron chi connectivity index (χ4n) is 1.60. The molecule has 0 aliphatic heterocycles. The summed E-state index contributed by atoms with van der Waals surface area (Å²) in [5.74, 6) is -1.76. The van der Waals surface area contributed by atoms with E-state index in [4.69, 9.17) is 16.7 Å². The third-order valence-corrected chi connectivity index (χ3v) is 3.80. The van der Waals surface area contributed by atoms with Crippen LogP contribution < -0.4 is 10.6 Å². The number of thiophene rings is 1. The van der Waals surface area contributed by atoms with E-state index in [2.05, 4.69) is 10.6 Å². The van der Waals surface area contributed by atoms with Gasteiger partial charge in [-0.2, -0.15) is 0 Å². The maximum Gasteiger partial charge on any atom is 0.339 e. The smallest absolute Gasteiger partial charge is 0.339 e. The number of aromatic hydroxyl groups is 1. The van der Waals surface area contributed by atoms with Gasteiger partial charge in [-0.15, -0.1) is 11.3 Å². The van der Waals surface area contributed by atoms with E-state index < -0.39 is 17.7 Å². The monoisotopic (exact) mass is 326 g/mol. The molecule has 1 aromatic heterocycles. The van der Waals surface area contributed by atoms with E-state index in [1.807, 2.05) is 0 Å². The van der Waals surface area contributed by atoms with Gasteiger partial charge in [-0.3, -0.25) is 0 Å². The highest BCUT2D eigenvalue weighted by Gasteiger charge is 2.14. The molecule has 2 rings (SSSR count). The first-order valence-corrected chi connectivity index (χ1v) is 7.01. The van der Waals surface area contributed by atoms with Gasteiger partial charge in [0.25, 0.3) is 0 Å². The molecule has 21 heavy (non-hydrogen) atoms. The molecule has 0 atom stereocenters. The van der Waals surface area contributed by atoms with Crippen LogP contribution in [-0.4, -0.2) is 22.2 Å². The van der Waals surface area contributed by atoms with Crippen LogP contribution in [0.3, 0.4) is 0 Å². The Bertz CT molecular complexity index is 687. The van der Waals surface area contributed by atoms with E-state index in [0.29, 0.717) is 4.34 Å². The highest BCUT2D eigenvalue weighted by molar-refractivity contribution is 7.16. The first-order valence-electron chi connectivity index (χ1n) is 5.81. The van der Waals surface area contributed by atoms with E-state index in [0.717, 1.165) is 4.88 Å². The topological polar surface area (TPSA) is 98.7 Å². The van der Waals surface area contributed by atoms with Crippen molar-refractivity contribution in [3.05, 3.63) is 45.1 Å². The van der Waals surface area contributed by atoms with Gasteiger partial charge in [-0.25, -0.2) is 9.59 Å². The minimum absolute atomic E-state index is 0.0246. The lowest BCUT2D eigenvalue weighted by atomic mass is 10.2. The van der Waals surface area contributed by atoms with Crippen LogP contribution >= 0.6 is 22.9 Å². The van der Waals surface area contributed by atoms with Crippen molar-refractivity contribution in [3.8, 4) is 5.75 Å². The maximum atomic E-state index is 11.7. The van der Waals surface area contributed by atoms with Crippen LogP contribution in [-0.2, 0) is 6.54 Å². The van der Waals surface area contributed by atoms with Crippen molar-refractivity contribution in [2.24, 2.45) is 0 Å². The van der Waals surface area contributed by atoms with E-state index in [1.54, 1.807) is 12.1 Å². The number of amides is 2. The van der Waals surface area contributed by atoms with Crippen molar-refractivity contribution in [3.63, 3.8) is 0 Å². The Hall–Kier alpha value is -2.25. The molecule has 110 valence electrons. The lowest BCUT2D eigenvalue weighted by molar-refractivity contribution is 0.0694. The molecule has 4 N–H and O–H groups in total. The van der Waals surface area contributed by atoms with Crippen LogP contribution in [0.1, 0.15) is 15.2 Å². The molecule has 0 unspecified atom stereocenters. The minimum Gasteiger partial charge on any atom is -0.505 e. The number of carboxylic acid groups (broad SMARTS) is 1. The standard InChI is InChI=1S/C13H11ClN2O4S/c14-10-5-4-7(21-10)6-15-13(20)16-9-3-1-2-8(11(9)17)12(18)19/h1-5,17H,6H2,(H,18,19)(H2,15,16,20). The van der Waals surface area contributed by atoms with Crippen LogP contribution in [0.4, 0.5) is 10.5 Å². The van der Waals surface area contributed by atoms with Crippen molar-refractivity contribution >= 4 is 40.6 Å². The number of halogens is 1.